The molecular formula is C8H9BrFNO2. The first kappa shape index (κ1) is 10.4. The quantitative estimate of drug-likeness (QED) is 0.807. The van der Waals surface area contributed by atoms with Gasteiger partial charge in [-0.2, -0.15) is 0 Å². The van der Waals surface area contributed by atoms with Gasteiger partial charge < -0.3 is 9.94 Å². The highest BCUT2D eigenvalue weighted by Crippen LogP contribution is 2.30. The largest absolute Gasteiger partial charge is 0.495 e. The lowest BCUT2D eigenvalue weighted by Gasteiger charge is -2.10. The molecular weight excluding hydrogens is 241 g/mol. The number of rotatable bonds is 3. The van der Waals surface area contributed by atoms with E-state index in [1.165, 1.54) is 13.2 Å². The molecule has 72 valence electrons. The molecule has 0 spiro atoms. The fraction of sp³-hybridized carbons (Fsp3) is 0.250. The van der Waals surface area contributed by atoms with Gasteiger partial charge >= 0.3 is 0 Å². The Morgan fingerprint density at radius 2 is 2.31 bits per heavy atom. The van der Waals surface area contributed by atoms with Crippen molar-refractivity contribution >= 4 is 15.9 Å². The Hall–Kier alpha value is -0.650. The third kappa shape index (κ3) is 2.18. The Labute approximate surface area is 83.6 Å². The topological polar surface area (TPSA) is 41.5 Å². The number of hydroxylamine groups is 1. The van der Waals surface area contributed by atoms with Crippen molar-refractivity contribution in [3.63, 3.8) is 0 Å². The summed E-state index contributed by atoms with van der Waals surface area (Å²) in [6.45, 7) is 0.00838. The van der Waals surface area contributed by atoms with E-state index < -0.39 is 5.82 Å². The standard InChI is InChI=1S/C8H9BrFNO2/c1-13-8-5(4-11-12)7(10)3-2-6(8)9/h2-3,11-12H,4H2,1H3. The van der Waals surface area contributed by atoms with E-state index in [9.17, 15) is 4.39 Å². The van der Waals surface area contributed by atoms with Crippen molar-refractivity contribution in [2.24, 2.45) is 0 Å². The van der Waals surface area contributed by atoms with Gasteiger partial charge in [-0.1, -0.05) is 0 Å². The van der Waals surface area contributed by atoms with E-state index in [2.05, 4.69) is 15.9 Å². The highest BCUT2D eigenvalue weighted by molar-refractivity contribution is 9.10. The van der Waals surface area contributed by atoms with Crippen LogP contribution in [0.3, 0.4) is 0 Å². The third-order valence-corrected chi connectivity index (χ3v) is 2.24. The average Bonchev–Trinajstić information content (AvgIpc) is 2.12. The summed E-state index contributed by atoms with van der Waals surface area (Å²) in [5.41, 5.74) is 2.18. The molecule has 0 aliphatic rings. The van der Waals surface area contributed by atoms with Crippen LogP contribution in [0.1, 0.15) is 5.56 Å². The molecule has 0 fully saturated rings. The zero-order valence-corrected chi connectivity index (χ0v) is 8.56. The smallest absolute Gasteiger partial charge is 0.140 e. The zero-order chi connectivity index (χ0) is 9.84. The predicted octanol–water partition coefficient (Wildman–Crippen LogP) is 2.08. The van der Waals surface area contributed by atoms with Crippen LogP contribution < -0.4 is 10.2 Å². The molecule has 5 heteroatoms. The number of hydrogen-bond donors (Lipinski definition) is 2. The van der Waals surface area contributed by atoms with Crippen LogP contribution in [0, 0.1) is 5.82 Å². The number of methoxy groups -OCH3 is 1. The number of hydrogen-bond acceptors (Lipinski definition) is 3. The maximum absolute atomic E-state index is 13.2. The van der Waals surface area contributed by atoms with Crippen molar-refractivity contribution in [1.29, 1.82) is 0 Å². The average molecular weight is 250 g/mol. The fourth-order valence-electron chi connectivity index (χ4n) is 1.04. The summed E-state index contributed by atoms with van der Waals surface area (Å²) in [7, 11) is 1.44. The van der Waals surface area contributed by atoms with Crippen LogP contribution in [0.5, 0.6) is 5.75 Å². The first-order valence-corrected chi connectivity index (χ1v) is 4.37. The first-order chi connectivity index (χ1) is 6.20. The summed E-state index contributed by atoms with van der Waals surface area (Å²) in [6, 6.07) is 2.86. The molecule has 0 saturated carbocycles. The normalized spacial score (nSPS) is 10.2. The van der Waals surface area contributed by atoms with E-state index in [-0.39, 0.29) is 6.54 Å². The molecule has 1 aromatic rings. The summed E-state index contributed by atoms with van der Waals surface area (Å²) in [5, 5.41) is 8.47. The van der Waals surface area contributed by atoms with Crippen molar-refractivity contribution in [2.75, 3.05) is 7.11 Å². The summed E-state index contributed by atoms with van der Waals surface area (Å²) in [4.78, 5) is 0. The van der Waals surface area contributed by atoms with Crippen LogP contribution >= 0.6 is 15.9 Å². The molecule has 0 amide bonds. The second-order valence-electron chi connectivity index (χ2n) is 2.38. The van der Waals surface area contributed by atoms with E-state index in [0.29, 0.717) is 15.8 Å². The van der Waals surface area contributed by atoms with Crippen LogP contribution in [0.15, 0.2) is 16.6 Å². The lowest BCUT2D eigenvalue weighted by atomic mass is 10.2. The Morgan fingerprint density at radius 3 is 2.85 bits per heavy atom. The van der Waals surface area contributed by atoms with Crippen molar-refractivity contribution in [2.45, 2.75) is 6.54 Å². The lowest BCUT2D eigenvalue weighted by molar-refractivity contribution is 0.158. The monoisotopic (exact) mass is 249 g/mol. The van der Waals surface area contributed by atoms with Gasteiger partial charge in [-0.3, -0.25) is 0 Å². The van der Waals surface area contributed by atoms with E-state index in [4.69, 9.17) is 9.94 Å². The van der Waals surface area contributed by atoms with Gasteiger partial charge in [0.25, 0.3) is 0 Å². The molecule has 0 saturated heterocycles. The first-order valence-electron chi connectivity index (χ1n) is 3.58. The minimum absolute atomic E-state index is 0.00838. The maximum atomic E-state index is 13.2. The second-order valence-corrected chi connectivity index (χ2v) is 3.23. The molecule has 0 bridgehead atoms. The van der Waals surface area contributed by atoms with Crippen molar-refractivity contribution in [3.8, 4) is 5.75 Å². The molecule has 0 heterocycles. The number of nitrogens with one attached hydrogen (secondary N) is 1. The number of halogens is 2. The molecule has 0 unspecified atom stereocenters. The van der Waals surface area contributed by atoms with Crippen molar-refractivity contribution < 1.29 is 14.3 Å². The molecule has 2 N–H and O–H groups in total. The summed E-state index contributed by atoms with van der Waals surface area (Å²) in [5.74, 6) is -0.0249. The van der Waals surface area contributed by atoms with Crippen molar-refractivity contribution in [3.05, 3.63) is 28.0 Å². The number of benzene rings is 1. The summed E-state index contributed by atoms with van der Waals surface area (Å²) < 4.78 is 18.8. The van der Waals surface area contributed by atoms with Gasteiger partial charge in [-0.05, 0) is 28.1 Å². The minimum atomic E-state index is -0.415. The zero-order valence-electron chi connectivity index (χ0n) is 6.97. The van der Waals surface area contributed by atoms with Gasteiger partial charge in [0.1, 0.15) is 11.6 Å². The van der Waals surface area contributed by atoms with E-state index in [1.807, 2.05) is 5.48 Å². The SMILES string of the molecule is COc1c(Br)ccc(F)c1CNO. The van der Waals surface area contributed by atoms with Gasteiger partial charge in [0, 0.05) is 5.56 Å². The summed E-state index contributed by atoms with van der Waals surface area (Å²) in [6.07, 6.45) is 0. The molecule has 1 aromatic carbocycles. The maximum Gasteiger partial charge on any atom is 0.140 e. The van der Waals surface area contributed by atoms with Gasteiger partial charge in [-0.15, -0.1) is 0 Å². The molecule has 13 heavy (non-hydrogen) atoms. The molecule has 0 atom stereocenters. The highest BCUT2D eigenvalue weighted by Gasteiger charge is 2.11. The van der Waals surface area contributed by atoms with E-state index >= 15 is 0 Å². The molecule has 0 aliphatic heterocycles. The van der Waals surface area contributed by atoms with E-state index in [1.54, 1.807) is 6.07 Å². The number of ether oxygens (including phenoxy) is 1. The molecule has 3 nitrogen and oxygen atoms in total. The van der Waals surface area contributed by atoms with Gasteiger partial charge in [-0.25, -0.2) is 9.87 Å². The molecule has 0 aromatic heterocycles. The second kappa shape index (κ2) is 4.55. The predicted molar refractivity (Wildman–Crippen MR) is 49.3 cm³/mol. The van der Waals surface area contributed by atoms with Crippen molar-refractivity contribution in [1.82, 2.24) is 5.48 Å². The minimum Gasteiger partial charge on any atom is -0.495 e. The Balaban J connectivity index is 3.18. The van der Waals surface area contributed by atoms with E-state index in [0.717, 1.165) is 0 Å². The van der Waals surface area contributed by atoms with Gasteiger partial charge in [0.05, 0.1) is 18.1 Å². The third-order valence-electron chi connectivity index (χ3n) is 1.62. The van der Waals surface area contributed by atoms with Crippen LogP contribution in [-0.2, 0) is 6.54 Å². The Bertz CT molecular complexity index is 306. The van der Waals surface area contributed by atoms with Crippen LogP contribution in [0.2, 0.25) is 0 Å². The van der Waals surface area contributed by atoms with Crippen LogP contribution in [0.4, 0.5) is 4.39 Å². The molecule has 0 aliphatic carbocycles. The van der Waals surface area contributed by atoms with Crippen LogP contribution in [0.25, 0.3) is 0 Å². The Kier molecular flexibility index (Phi) is 3.65. The summed E-state index contributed by atoms with van der Waals surface area (Å²) >= 11 is 3.21. The van der Waals surface area contributed by atoms with Gasteiger partial charge in [0.2, 0.25) is 0 Å². The highest BCUT2D eigenvalue weighted by atomic mass is 79.9. The lowest BCUT2D eigenvalue weighted by Crippen LogP contribution is -2.09. The molecule has 0 radical (unpaired) electrons. The Morgan fingerprint density at radius 1 is 1.62 bits per heavy atom. The fourth-order valence-corrected chi connectivity index (χ4v) is 1.57. The van der Waals surface area contributed by atoms with Gasteiger partial charge in [0.15, 0.2) is 0 Å². The van der Waals surface area contributed by atoms with Crippen LogP contribution in [-0.4, -0.2) is 12.3 Å². The molecule has 1 rings (SSSR count).